The predicted octanol–water partition coefficient (Wildman–Crippen LogP) is 0.625. The van der Waals surface area contributed by atoms with Crippen LogP contribution in [-0.4, -0.2) is 5.97 Å². The van der Waals surface area contributed by atoms with Crippen LogP contribution in [0.2, 0.25) is 0 Å². The van der Waals surface area contributed by atoms with E-state index in [1.54, 1.807) is 0 Å². The molecule has 7 heavy (non-hydrogen) atoms. The Morgan fingerprint density at radius 3 is 2.57 bits per heavy atom. The summed E-state index contributed by atoms with van der Waals surface area (Å²) >= 11 is 0. The lowest BCUT2D eigenvalue weighted by atomic mass is 10.8. The summed E-state index contributed by atoms with van der Waals surface area (Å²) in [5.41, 5.74) is 0. The van der Waals surface area contributed by atoms with Gasteiger partial charge in [0, 0.05) is 6.92 Å². The molecule has 0 N–H and O–H groups in total. The second-order valence-corrected chi connectivity index (χ2v) is 0.838. The van der Waals surface area contributed by atoms with Gasteiger partial charge in [0.1, 0.15) is 6.26 Å². The number of carbonyl (C=O) groups excluding carboxylic acids is 1. The molecule has 0 unspecified atom stereocenters. The van der Waals surface area contributed by atoms with Crippen molar-refractivity contribution in [3.05, 3.63) is 12.8 Å². The first-order chi connectivity index (χ1) is 3.27. The molecular formula is C4H6O3. The zero-order valence-electron chi connectivity index (χ0n) is 4.01. The van der Waals surface area contributed by atoms with Crippen LogP contribution in [0.3, 0.4) is 0 Å². The summed E-state index contributed by atoms with van der Waals surface area (Å²) in [4.78, 5) is 17.8. The van der Waals surface area contributed by atoms with Crippen molar-refractivity contribution in [3.8, 4) is 0 Å². The summed E-state index contributed by atoms with van der Waals surface area (Å²) in [6, 6.07) is 0. The highest BCUT2D eigenvalue weighted by Crippen LogP contribution is 1.76. The summed E-state index contributed by atoms with van der Waals surface area (Å²) in [6.07, 6.45) is 1.03. The molecule has 0 spiro atoms. The minimum atomic E-state index is -0.486. The van der Waals surface area contributed by atoms with E-state index >= 15 is 0 Å². The van der Waals surface area contributed by atoms with Gasteiger partial charge in [0.05, 0.1) is 0 Å². The van der Waals surface area contributed by atoms with E-state index < -0.39 is 5.97 Å². The van der Waals surface area contributed by atoms with Crippen LogP contribution >= 0.6 is 0 Å². The third kappa shape index (κ3) is 5.01. The fourth-order valence-corrected chi connectivity index (χ4v) is 0.102. The Bertz CT molecular complexity index is 77.0. The molecule has 0 aliphatic rings. The normalized spacial score (nSPS) is 7.00. The highest BCUT2D eigenvalue weighted by Gasteiger charge is 1.85. The van der Waals surface area contributed by atoms with Gasteiger partial charge in [0.15, 0.2) is 0 Å². The van der Waals surface area contributed by atoms with Crippen molar-refractivity contribution in [2.75, 3.05) is 0 Å². The summed E-state index contributed by atoms with van der Waals surface area (Å²) in [7, 11) is 0. The van der Waals surface area contributed by atoms with Gasteiger partial charge in [0.2, 0.25) is 0 Å². The Morgan fingerprint density at radius 1 is 1.86 bits per heavy atom. The molecule has 3 nitrogen and oxygen atoms in total. The summed E-state index contributed by atoms with van der Waals surface area (Å²) < 4.78 is 0. The fraction of sp³-hybridized carbons (Fsp3) is 0.250. The zero-order valence-corrected chi connectivity index (χ0v) is 4.01. The smallest absolute Gasteiger partial charge is 0.296 e. The molecule has 0 radical (unpaired) electrons. The Labute approximate surface area is 41.5 Å². The molecule has 0 atom stereocenters. The molecule has 0 aromatic heterocycles. The highest BCUT2D eigenvalue weighted by molar-refractivity contribution is 5.65. The molecule has 3 heteroatoms. The van der Waals surface area contributed by atoms with E-state index in [9.17, 15) is 4.79 Å². The third-order valence-corrected chi connectivity index (χ3v) is 0.234. The van der Waals surface area contributed by atoms with Crippen molar-refractivity contribution in [1.29, 1.82) is 0 Å². The molecular weight excluding hydrogens is 96.0 g/mol. The molecule has 0 bridgehead atoms. The van der Waals surface area contributed by atoms with E-state index in [1.807, 2.05) is 0 Å². The molecule has 0 aliphatic heterocycles. The Morgan fingerprint density at radius 2 is 2.43 bits per heavy atom. The topological polar surface area (TPSA) is 35.5 Å². The van der Waals surface area contributed by atoms with E-state index in [1.165, 1.54) is 6.92 Å². The average molecular weight is 102 g/mol. The molecule has 0 aromatic carbocycles. The van der Waals surface area contributed by atoms with Gasteiger partial charge in [-0.3, -0.25) is 9.78 Å². The van der Waals surface area contributed by atoms with Crippen LogP contribution in [-0.2, 0) is 14.6 Å². The first-order valence-electron chi connectivity index (χ1n) is 1.72. The van der Waals surface area contributed by atoms with Crippen LogP contribution < -0.4 is 0 Å². The lowest BCUT2D eigenvalue weighted by molar-refractivity contribution is -0.235. The van der Waals surface area contributed by atoms with Crippen molar-refractivity contribution >= 4 is 5.97 Å². The minimum Gasteiger partial charge on any atom is -0.296 e. The molecule has 40 valence electrons. The van der Waals surface area contributed by atoms with Gasteiger partial charge in [0.25, 0.3) is 0 Å². The first-order valence-corrected chi connectivity index (χ1v) is 1.72. The number of carbonyl (C=O) groups is 1. The summed E-state index contributed by atoms with van der Waals surface area (Å²) in [5, 5.41) is 0. The van der Waals surface area contributed by atoms with Crippen molar-refractivity contribution in [1.82, 2.24) is 0 Å². The van der Waals surface area contributed by atoms with Crippen LogP contribution in [0.15, 0.2) is 12.8 Å². The first kappa shape index (κ1) is 6.01. The maximum Gasteiger partial charge on any atom is 0.352 e. The maximum atomic E-state index is 9.81. The second-order valence-electron chi connectivity index (χ2n) is 0.838. The van der Waals surface area contributed by atoms with Gasteiger partial charge in [-0.05, 0) is 0 Å². The largest absolute Gasteiger partial charge is 0.352 e. The van der Waals surface area contributed by atoms with Gasteiger partial charge < -0.3 is 0 Å². The molecule has 0 heterocycles. The van der Waals surface area contributed by atoms with Crippen LogP contribution in [0, 0.1) is 0 Å². The van der Waals surface area contributed by atoms with E-state index in [0.29, 0.717) is 0 Å². The van der Waals surface area contributed by atoms with Gasteiger partial charge in [-0.25, -0.2) is 4.79 Å². The van der Waals surface area contributed by atoms with Crippen molar-refractivity contribution in [2.24, 2.45) is 0 Å². The minimum absolute atomic E-state index is 0.486. The standard InChI is InChI=1S/C4H6O3/c1-3-6-7-4(2)5/h3H,1H2,2H3. The van der Waals surface area contributed by atoms with E-state index in [2.05, 4.69) is 16.4 Å². The van der Waals surface area contributed by atoms with E-state index in [0.717, 1.165) is 6.26 Å². The summed E-state index contributed by atoms with van der Waals surface area (Å²) in [6.45, 7) is 4.37. The second kappa shape index (κ2) is 3.21. The van der Waals surface area contributed by atoms with Crippen molar-refractivity contribution in [2.45, 2.75) is 6.92 Å². The Balaban J connectivity index is 2.97. The molecule has 0 aliphatic carbocycles. The van der Waals surface area contributed by atoms with Gasteiger partial charge in [-0.15, -0.1) is 0 Å². The average Bonchev–Trinajstić information content (AvgIpc) is 1.61. The number of hydrogen-bond donors (Lipinski definition) is 0. The Kier molecular flexibility index (Phi) is 2.76. The molecule has 0 amide bonds. The van der Waals surface area contributed by atoms with E-state index in [-0.39, 0.29) is 0 Å². The molecule has 0 aromatic rings. The lowest BCUT2D eigenvalue weighted by Gasteiger charge is -1.90. The fourth-order valence-electron chi connectivity index (χ4n) is 0.102. The van der Waals surface area contributed by atoms with Crippen molar-refractivity contribution in [3.63, 3.8) is 0 Å². The maximum absolute atomic E-state index is 9.81. The van der Waals surface area contributed by atoms with Crippen LogP contribution in [0.4, 0.5) is 0 Å². The quantitative estimate of drug-likeness (QED) is 0.291. The van der Waals surface area contributed by atoms with Crippen molar-refractivity contribution < 1.29 is 14.6 Å². The van der Waals surface area contributed by atoms with Crippen LogP contribution in [0.1, 0.15) is 6.92 Å². The summed E-state index contributed by atoms with van der Waals surface area (Å²) in [5.74, 6) is -0.486. The molecule has 0 saturated heterocycles. The van der Waals surface area contributed by atoms with Gasteiger partial charge in [-0.1, -0.05) is 6.58 Å². The van der Waals surface area contributed by atoms with Gasteiger partial charge in [-0.2, -0.15) is 0 Å². The number of hydrogen-bond acceptors (Lipinski definition) is 3. The molecule has 0 saturated carbocycles. The lowest BCUT2D eigenvalue weighted by Crippen LogP contribution is -1.94. The predicted molar refractivity (Wildman–Crippen MR) is 23.0 cm³/mol. The van der Waals surface area contributed by atoms with E-state index in [4.69, 9.17) is 0 Å². The molecule has 0 rings (SSSR count). The van der Waals surface area contributed by atoms with Crippen LogP contribution in [0.25, 0.3) is 0 Å². The Hall–Kier alpha value is -0.990. The van der Waals surface area contributed by atoms with Crippen LogP contribution in [0.5, 0.6) is 0 Å². The third-order valence-electron chi connectivity index (χ3n) is 0.234. The van der Waals surface area contributed by atoms with Gasteiger partial charge >= 0.3 is 5.97 Å². The zero-order chi connectivity index (χ0) is 5.70. The SMILES string of the molecule is C=COOC(C)=O. The monoisotopic (exact) mass is 102 g/mol. The number of rotatable bonds is 2. The highest BCUT2D eigenvalue weighted by atomic mass is 17.2. The molecule has 0 fully saturated rings.